The molecule has 1 N–H and O–H groups in total. The molecule has 0 atom stereocenters. The molecule has 0 spiro atoms. The lowest BCUT2D eigenvalue weighted by Gasteiger charge is -2.11. The molecule has 2 aromatic rings. The summed E-state index contributed by atoms with van der Waals surface area (Å²) in [5.41, 5.74) is 2.71. The number of fused-ring (bicyclic) bond motifs is 1. The second-order valence-electron chi connectivity index (χ2n) is 5.00. The quantitative estimate of drug-likeness (QED) is 0.873. The summed E-state index contributed by atoms with van der Waals surface area (Å²) in [6.07, 6.45) is 4.38. The Balaban J connectivity index is 1.59. The number of rotatable bonds is 3. The molecule has 0 aliphatic carbocycles. The fraction of sp³-hybridized carbons (Fsp3) is 0.167. The van der Waals surface area contributed by atoms with Gasteiger partial charge in [-0.15, -0.1) is 0 Å². The third-order valence-electron chi connectivity index (χ3n) is 3.36. The van der Waals surface area contributed by atoms with Crippen LogP contribution < -0.4 is 10.1 Å². The minimum atomic E-state index is -0.464. The van der Waals surface area contributed by atoms with E-state index in [0.717, 1.165) is 23.3 Å². The molecule has 2 aromatic carbocycles. The summed E-state index contributed by atoms with van der Waals surface area (Å²) in [4.78, 5) is 11.8. The second-order valence-corrected chi connectivity index (χ2v) is 5.00. The van der Waals surface area contributed by atoms with Crippen LogP contribution in [-0.4, -0.2) is 12.7 Å². The third kappa shape index (κ3) is 3.67. The second kappa shape index (κ2) is 6.80. The van der Waals surface area contributed by atoms with Crippen molar-refractivity contribution in [1.82, 2.24) is 0 Å². The van der Waals surface area contributed by atoms with Crippen molar-refractivity contribution in [2.45, 2.75) is 13.0 Å². The van der Waals surface area contributed by atoms with Crippen LogP contribution in [-0.2, 0) is 17.8 Å². The molecule has 4 nitrogen and oxygen atoms in total. The van der Waals surface area contributed by atoms with Gasteiger partial charge in [0.15, 0.2) is 0 Å². The third-order valence-corrected chi connectivity index (χ3v) is 3.36. The Bertz CT molecular complexity index is 680. The smallest absolute Gasteiger partial charge is 0.411 e. The monoisotopic (exact) mass is 295 g/mol. The van der Waals surface area contributed by atoms with Gasteiger partial charge in [0.05, 0.1) is 0 Å². The number of anilines is 1. The van der Waals surface area contributed by atoms with Crippen LogP contribution in [0.4, 0.5) is 10.5 Å². The van der Waals surface area contributed by atoms with Gasteiger partial charge in [-0.2, -0.15) is 0 Å². The highest BCUT2D eigenvalue weighted by atomic mass is 16.5. The molecule has 0 saturated heterocycles. The number of hydrogen-bond acceptors (Lipinski definition) is 3. The molecule has 0 radical (unpaired) electrons. The van der Waals surface area contributed by atoms with Crippen LogP contribution in [0.1, 0.15) is 11.1 Å². The van der Waals surface area contributed by atoms with E-state index in [1.165, 1.54) is 0 Å². The van der Waals surface area contributed by atoms with Gasteiger partial charge in [-0.3, -0.25) is 5.32 Å². The van der Waals surface area contributed by atoms with E-state index < -0.39 is 6.09 Å². The average Bonchev–Trinajstić information content (AvgIpc) is 2.79. The minimum Gasteiger partial charge on any atom is -0.489 e. The summed E-state index contributed by atoms with van der Waals surface area (Å²) >= 11 is 0. The lowest BCUT2D eigenvalue weighted by atomic mass is 10.1. The van der Waals surface area contributed by atoms with E-state index in [-0.39, 0.29) is 6.61 Å². The Morgan fingerprint density at radius 2 is 2.00 bits per heavy atom. The summed E-state index contributed by atoms with van der Waals surface area (Å²) in [5, 5.41) is 2.74. The SMILES string of the molecule is O=C(Nc1ccc2c(c1)CC=CCO2)OCc1ccccc1. The van der Waals surface area contributed by atoms with Gasteiger partial charge in [-0.25, -0.2) is 4.79 Å². The Morgan fingerprint density at radius 3 is 2.86 bits per heavy atom. The number of nitrogens with one attached hydrogen (secondary N) is 1. The van der Waals surface area contributed by atoms with Gasteiger partial charge >= 0.3 is 6.09 Å². The zero-order valence-electron chi connectivity index (χ0n) is 12.1. The van der Waals surface area contributed by atoms with Crippen molar-refractivity contribution in [3.8, 4) is 5.75 Å². The van der Waals surface area contributed by atoms with Crippen LogP contribution in [0.5, 0.6) is 5.75 Å². The predicted molar refractivity (Wildman–Crippen MR) is 85.0 cm³/mol. The highest BCUT2D eigenvalue weighted by Gasteiger charge is 2.09. The van der Waals surface area contributed by atoms with E-state index in [9.17, 15) is 4.79 Å². The zero-order chi connectivity index (χ0) is 15.2. The van der Waals surface area contributed by atoms with E-state index in [2.05, 4.69) is 11.4 Å². The summed E-state index contributed by atoms with van der Waals surface area (Å²) < 4.78 is 10.8. The van der Waals surface area contributed by atoms with Crippen LogP contribution in [0.15, 0.2) is 60.7 Å². The van der Waals surface area contributed by atoms with Gasteiger partial charge in [0, 0.05) is 5.69 Å². The summed E-state index contributed by atoms with van der Waals surface area (Å²) in [5.74, 6) is 0.855. The van der Waals surface area contributed by atoms with E-state index in [1.807, 2.05) is 54.6 Å². The van der Waals surface area contributed by atoms with E-state index >= 15 is 0 Å². The lowest BCUT2D eigenvalue weighted by Crippen LogP contribution is -2.13. The molecule has 4 heteroatoms. The van der Waals surface area contributed by atoms with Crippen molar-refractivity contribution in [3.63, 3.8) is 0 Å². The first-order valence-electron chi connectivity index (χ1n) is 7.20. The molecule has 1 aliphatic heterocycles. The Labute approximate surface area is 129 Å². The van der Waals surface area contributed by atoms with Gasteiger partial charge in [0.1, 0.15) is 19.0 Å². The van der Waals surface area contributed by atoms with Crippen molar-refractivity contribution in [3.05, 3.63) is 71.8 Å². The molecular weight excluding hydrogens is 278 g/mol. The van der Waals surface area contributed by atoms with Crippen molar-refractivity contribution in [2.75, 3.05) is 11.9 Å². The highest BCUT2D eigenvalue weighted by molar-refractivity contribution is 5.84. The number of ether oxygens (including phenoxy) is 2. The van der Waals surface area contributed by atoms with E-state index in [4.69, 9.17) is 9.47 Å². The Hall–Kier alpha value is -2.75. The van der Waals surface area contributed by atoms with Gasteiger partial charge < -0.3 is 9.47 Å². The number of hydrogen-bond donors (Lipinski definition) is 1. The molecule has 1 aliphatic rings. The average molecular weight is 295 g/mol. The first-order chi connectivity index (χ1) is 10.8. The number of amides is 1. The van der Waals surface area contributed by atoms with Crippen LogP contribution >= 0.6 is 0 Å². The van der Waals surface area contributed by atoms with Crippen molar-refractivity contribution in [1.29, 1.82) is 0 Å². The van der Waals surface area contributed by atoms with Crippen LogP contribution in [0.2, 0.25) is 0 Å². The molecule has 3 rings (SSSR count). The molecule has 0 bridgehead atoms. The predicted octanol–water partition coefficient (Wildman–Crippen LogP) is 3.93. The maximum absolute atomic E-state index is 11.8. The summed E-state index contributed by atoms with van der Waals surface area (Å²) in [6, 6.07) is 15.2. The van der Waals surface area contributed by atoms with E-state index in [0.29, 0.717) is 12.3 Å². The van der Waals surface area contributed by atoms with Gasteiger partial charge in [0.2, 0.25) is 0 Å². The topological polar surface area (TPSA) is 47.6 Å². The van der Waals surface area contributed by atoms with Gasteiger partial charge in [0.25, 0.3) is 0 Å². The van der Waals surface area contributed by atoms with Gasteiger partial charge in [-0.05, 0) is 35.7 Å². The number of carbonyl (C=O) groups is 1. The summed E-state index contributed by atoms with van der Waals surface area (Å²) in [7, 11) is 0. The molecule has 0 aromatic heterocycles. The van der Waals surface area contributed by atoms with Gasteiger partial charge in [-0.1, -0.05) is 42.5 Å². The molecule has 0 saturated carbocycles. The minimum absolute atomic E-state index is 0.253. The Morgan fingerprint density at radius 1 is 1.14 bits per heavy atom. The standard InChI is InChI=1S/C18H17NO3/c20-18(22-13-14-6-2-1-3-7-14)19-16-9-10-17-15(12-16)8-4-5-11-21-17/h1-7,9-10,12H,8,11,13H2,(H,19,20). The normalized spacial score (nSPS) is 12.7. The van der Waals surface area contributed by atoms with Crippen molar-refractivity contribution >= 4 is 11.8 Å². The molecule has 22 heavy (non-hydrogen) atoms. The summed E-state index contributed by atoms with van der Waals surface area (Å²) in [6.45, 7) is 0.836. The fourth-order valence-electron chi connectivity index (χ4n) is 2.25. The van der Waals surface area contributed by atoms with Crippen molar-refractivity contribution < 1.29 is 14.3 Å². The number of carbonyl (C=O) groups excluding carboxylic acids is 1. The largest absolute Gasteiger partial charge is 0.489 e. The van der Waals surface area contributed by atoms with Crippen molar-refractivity contribution in [2.24, 2.45) is 0 Å². The molecule has 112 valence electrons. The number of allylic oxidation sites excluding steroid dienone is 1. The van der Waals surface area contributed by atoms with Crippen LogP contribution in [0, 0.1) is 0 Å². The molecule has 1 amide bonds. The highest BCUT2D eigenvalue weighted by Crippen LogP contribution is 2.25. The molecular formula is C18H17NO3. The van der Waals surface area contributed by atoms with E-state index in [1.54, 1.807) is 0 Å². The Kier molecular flexibility index (Phi) is 4.39. The first kappa shape index (κ1) is 14.2. The van der Waals surface area contributed by atoms with Crippen LogP contribution in [0.3, 0.4) is 0 Å². The fourth-order valence-corrected chi connectivity index (χ4v) is 2.25. The number of benzene rings is 2. The first-order valence-corrected chi connectivity index (χ1v) is 7.20. The zero-order valence-corrected chi connectivity index (χ0v) is 12.1. The molecule has 1 heterocycles. The lowest BCUT2D eigenvalue weighted by molar-refractivity contribution is 0.155. The maximum Gasteiger partial charge on any atom is 0.411 e. The molecule has 0 unspecified atom stereocenters. The molecule has 0 fully saturated rings. The maximum atomic E-state index is 11.8. The van der Waals surface area contributed by atoms with Crippen LogP contribution in [0.25, 0.3) is 0 Å².